The van der Waals surface area contributed by atoms with Gasteiger partial charge in [-0.2, -0.15) is 0 Å². The van der Waals surface area contributed by atoms with Crippen molar-refractivity contribution in [1.29, 1.82) is 0 Å². The average Bonchev–Trinajstić information content (AvgIpc) is 4.18. The molecule has 5 amide bonds. The summed E-state index contributed by atoms with van der Waals surface area (Å²) in [6, 6.07) is 29.7. The second-order valence-corrected chi connectivity index (χ2v) is 20.7. The van der Waals surface area contributed by atoms with E-state index >= 15 is 0 Å². The molecule has 0 spiro atoms. The Morgan fingerprint density at radius 1 is 0.595 bits per heavy atom. The van der Waals surface area contributed by atoms with E-state index in [2.05, 4.69) is 33.6 Å². The fraction of sp³-hybridized carbons (Fsp3) is 0.385. The van der Waals surface area contributed by atoms with Crippen LogP contribution in [0, 0.1) is 0 Å². The van der Waals surface area contributed by atoms with Gasteiger partial charge in [0.15, 0.2) is 0 Å². The first-order valence-electron chi connectivity index (χ1n) is 27.5. The van der Waals surface area contributed by atoms with Crippen LogP contribution < -0.4 is 24.3 Å². The fourth-order valence-corrected chi connectivity index (χ4v) is 9.37. The number of aliphatic hydroxyl groups is 2. The van der Waals surface area contributed by atoms with Gasteiger partial charge in [0.05, 0.1) is 41.2 Å². The number of hydrogen-bond acceptors (Lipinski definition) is 13. The van der Waals surface area contributed by atoms with Crippen molar-refractivity contribution in [2.75, 3.05) is 118 Å². The van der Waals surface area contributed by atoms with E-state index in [0.29, 0.717) is 57.3 Å². The second kappa shape index (κ2) is 33.6. The third-order valence-corrected chi connectivity index (χ3v) is 13.9. The number of amides is 5. The molecule has 0 saturated carbocycles. The number of piperidine rings is 1. The molecule has 0 radical (unpaired) electrons. The van der Waals surface area contributed by atoms with Crippen molar-refractivity contribution in [3.8, 4) is 23.0 Å². The second-order valence-electron chi connectivity index (χ2n) is 20.7. The summed E-state index contributed by atoms with van der Waals surface area (Å²) >= 11 is 0. The lowest BCUT2D eigenvalue weighted by Crippen LogP contribution is -2.36. The number of rotatable bonds is 20. The van der Waals surface area contributed by atoms with Crippen LogP contribution >= 0.6 is 0 Å². The number of allylic oxidation sites excluding steroid dienone is 1. The largest absolute Gasteiger partial charge is 0.496 e. The Morgan fingerprint density at radius 3 is 1.40 bits per heavy atom. The summed E-state index contributed by atoms with van der Waals surface area (Å²) in [6.45, 7) is 6.32. The molecule has 6 aromatic rings. The third-order valence-electron chi connectivity index (χ3n) is 13.9. The minimum atomic E-state index is -0.858. The highest BCUT2D eigenvalue weighted by Gasteiger charge is 2.23. The SMILES string of the molecule is C=CCc1cc(C(=O)N(C)C)ccc1OC.CNC(=O)c1ccc2ccn(C3CCN(CCc4cc(C(=O)N(C)C)ccc4OC)CC3)c2c1.COc1ccc(C(=O)N(C)C)cc1CC(O)CO.COc1ccc(C(=O)N(C)C)cc1CC=O. The number of nitrogens with one attached hydrogen (secondary N) is 1. The zero-order valence-electron chi connectivity index (χ0n) is 51.1. The number of benzene rings is 5. The normalized spacial score (nSPS) is 12.3. The highest BCUT2D eigenvalue weighted by Crippen LogP contribution is 2.30. The zero-order valence-corrected chi connectivity index (χ0v) is 51.1. The molecule has 1 unspecified atom stereocenters. The predicted molar refractivity (Wildman–Crippen MR) is 328 cm³/mol. The number of carbonyl (C=O) groups excluding carboxylic acids is 6. The monoisotopic (exact) mass is 1160 g/mol. The quantitative estimate of drug-likeness (QED) is 0.0513. The molecule has 2 heterocycles. The molecule has 84 heavy (non-hydrogen) atoms. The van der Waals surface area contributed by atoms with Gasteiger partial charge in [-0.05, 0) is 139 Å². The van der Waals surface area contributed by atoms with Crippen molar-refractivity contribution >= 4 is 46.7 Å². The van der Waals surface area contributed by atoms with E-state index in [1.165, 1.54) is 24.0 Å². The van der Waals surface area contributed by atoms with Gasteiger partial charge < -0.3 is 68.3 Å². The van der Waals surface area contributed by atoms with E-state index in [0.717, 1.165) is 84.3 Å². The lowest BCUT2D eigenvalue weighted by atomic mass is 10.0. The highest BCUT2D eigenvalue weighted by atomic mass is 16.5. The molecule has 3 N–H and O–H groups in total. The van der Waals surface area contributed by atoms with E-state index in [4.69, 9.17) is 24.1 Å². The Morgan fingerprint density at radius 2 is 1.00 bits per heavy atom. The number of aliphatic hydroxyl groups excluding tert-OH is 2. The number of aldehydes is 1. The number of carbonyl (C=O) groups is 6. The lowest BCUT2D eigenvalue weighted by molar-refractivity contribution is -0.107. The van der Waals surface area contributed by atoms with Crippen LogP contribution in [-0.2, 0) is 30.5 Å². The van der Waals surface area contributed by atoms with Gasteiger partial charge in [-0.3, -0.25) is 24.0 Å². The molecule has 5 aromatic carbocycles. The van der Waals surface area contributed by atoms with Crippen LogP contribution in [0.5, 0.6) is 23.0 Å². The molecule has 452 valence electrons. The number of fused-ring (bicyclic) bond motifs is 1. The van der Waals surface area contributed by atoms with E-state index in [9.17, 15) is 33.9 Å². The maximum atomic E-state index is 12.4. The summed E-state index contributed by atoms with van der Waals surface area (Å²) in [5.41, 5.74) is 7.72. The van der Waals surface area contributed by atoms with E-state index in [1.807, 2.05) is 48.5 Å². The molecule has 7 rings (SSSR count). The zero-order chi connectivity index (χ0) is 62.2. The third kappa shape index (κ3) is 19.0. The molecule has 0 bridgehead atoms. The molecule has 1 saturated heterocycles. The average molecular weight is 1160 g/mol. The van der Waals surface area contributed by atoms with Crippen LogP contribution in [0.15, 0.2) is 116 Å². The summed E-state index contributed by atoms with van der Waals surface area (Å²) in [5.74, 6) is 2.57. The first-order valence-corrected chi connectivity index (χ1v) is 27.5. The Balaban J connectivity index is 0.000000258. The smallest absolute Gasteiger partial charge is 0.253 e. The molecule has 1 aliphatic rings. The van der Waals surface area contributed by atoms with Crippen LogP contribution in [0.25, 0.3) is 10.9 Å². The van der Waals surface area contributed by atoms with E-state index < -0.39 is 6.10 Å². The van der Waals surface area contributed by atoms with Gasteiger partial charge in [-0.1, -0.05) is 12.1 Å². The molecule has 1 aliphatic heterocycles. The molecular weight excluding hydrogens is 1070 g/mol. The van der Waals surface area contributed by atoms with Gasteiger partial charge in [0.25, 0.3) is 29.5 Å². The van der Waals surface area contributed by atoms with Crippen molar-refractivity contribution in [2.24, 2.45) is 0 Å². The van der Waals surface area contributed by atoms with E-state index in [-0.39, 0.29) is 49.0 Å². The lowest BCUT2D eigenvalue weighted by Gasteiger charge is -2.33. The van der Waals surface area contributed by atoms with Crippen molar-refractivity contribution in [3.05, 3.63) is 166 Å². The molecule has 1 atom stereocenters. The summed E-state index contributed by atoms with van der Waals surface area (Å²) in [6.07, 6.45) is 8.02. The van der Waals surface area contributed by atoms with Crippen LogP contribution in [0.2, 0.25) is 0 Å². The predicted octanol–water partition coefficient (Wildman–Crippen LogP) is 7.15. The number of hydrogen-bond donors (Lipinski definition) is 3. The number of ether oxygens (including phenoxy) is 4. The molecule has 19 nitrogen and oxygen atoms in total. The van der Waals surface area contributed by atoms with Crippen LogP contribution in [0.4, 0.5) is 0 Å². The Hall–Kier alpha value is -8.52. The Bertz CT molecular complexity index is 3100. The van der Waals surface area contributed by atoms with Gasteiger partial charge in [0, 0.05) is 147 Å². The number of aromatic nitrogens is 1. The maximum absolute atomic E-state index is 12.4. The topological polar surface area (TPSA) is 213 Å². The molecule has 0 aliphatic carbocycles. The fourth-order valence-electron chi connectivity index (χ4n) is 9.37. The first-order chi connectivity index (χ1) is 40.1. The number of likely N-dealkylation sites (tertiary alicyclic amines) is 1. The number of methoxy groups -OCH3 is 4. The Labute approximate surface area is 494 Å². The van der Waals surface area contributed by atoms with Gasteiger partial charge >= 0.3 is 0 Å². The van der Waals surface area contributed by atoms with Crippen LogP contribution in [0.3, 0.4) is 0 Å². The summed E-state index contributed by atoms with van der Waals surface area (Å²) in [4.78, 5) is 78.8. The molecule has 19 heteroatoms. The van der Waals surface area contributed by atoms with Crippen LogP contribution in [0.1, 0.15) is 92.9 Å². The Kier molecular flexibility index (Phi) is 27.2. The van der Waals surface area contributed by atoms with Crippen molar-refractivity contribution in [3.63, 3.8) is 0 Å². The summed E-state index contributed by atoms with van der Waals surface area (Å²) in [5, 5.41) is 22.2. The van der Waals surface area contributed by atoms with Crippen molar-refractivity contribution in [1.82, 2.24) is 34.4 Å². The van der Waals surface area contributed by atoms with Gasteiger partial charge in [-0.25, -0.2) is 0 Å². The minimum absolute atomic E-state index is 0.00300. The minimum Gasteiger partial charge on any atom is -0.496 e. The highest BCUT2D eigenvalue weighted by molar-refractivity contribution is 5.98. The van der Waals surface area contributed by atoms with Crippen molar-refractivity contribution < 1.29 is 57.9 Å². The van der Waals surface area contributed by atoms with Gasteiger partial charge in [0.1, 0.15) is 29.3 Å². The number of nitrogens with zero attached hydrogens (tertiary/aromatic N) is 6. The van der Waals surface area contributed by atoms with Crippen LogP contribution in [-0.4, -0.2) is 199 Å². The molecular formula is C65H85N7O12. The van der Waals surface area contributed by atoms with E-state index in [1.54, 1.807) is 136 Å². The van der Waals surface area contributed by atoms with Gasteiger partial charge in [-0.15, -0.1) is 6.58 Å². The molecule has 1 fully saturated rings. The standard InChI is InChI=1S/C27H34N4O3.C13H19NO4.C13H17NO2.C12H15NO3/c1-28-26(32)21-6-5-19-10-16-31(24(19)18-21)23-11-14-30(15-12-23)13-9-20-17-22(27(33)29(2)3)7-8-25(20)34-4;1-14(2)13(17)9-4-5-12(18-3)10(6-9)7-11(16)8-15;1-5-6-10-9-11(13(15)14(2)3)7-8-12(10)16-4;1-13(2)12(15)10-4-5-11(16-3)9(8-10)6-7-14/h5-8,10,16-18,23H,9,11-15H2,1-4H3,(H,28,32);4-6,11,15-16H,7-8H2,1-3H3;5,7-9H,1,6H2,2-4H3;4-5,7-8H,6H2,1-3H3. The first kappa shape index (κ1) is 68.0. The van der Waals surface area contributed by atoms with Gasteiger partial charge in [0.2, 0.25) is 0 Å². The molecule has 1 aromatic heterocycles. The summed E-state index contributed by atoms with van der Waals surface area (Å²) in [7, 11) is 21.8. The maximum Gasteiger partial charge on any atom is 0.253 e. The van der Waals surface area contributed by atoms with Crippen molar-refractivity contribution in [2.45, 2.75) is 50.7 Å². The summed E-state index contributed by atoms with van der Waals surface area (Å²) < 4.78 is 23.4.